The molecule has 1 unspecified atom stereocenters. The van der Waals surface area contributed by atoms with Gasteiger partial charge in [-0.25, -0.2) is 4.79 Å². The number of ether oxygens (including phenoxy) is 1. The zero-order chi connectivity index (χ0) is 15.9. The highest BCUT2D eigenvalue weighted by atomic mass is 35.5. The average Bonchev–Trinajstić information content (AvgIpc) is 2.48. The first-order valence-electron chi connectivity index (χ1n) is 7.68. The van der Waals surface area contributed by atoms with Crippen LogP contribution in [-0.4, -0.2) is 49.8 Å². The molecule has 0 bridgehead atoms. The van der Waals surface area contributed by atoms with E-state index in [2.05, 4.69) is 29.4 Å². The summed E-state index contributed by atoms with van der Waals surface area (Å²) in [5.41, 5.74) is 0.692. The molecule has 0 saturated carbocycles. The van der Waals surface area contributed by atoms with Gasteiger partial charge in [0.25, 0.3) is 0 Å². The highest BCUT2D eigenvalue weighted by Crippen LogP contribution is 2.15. The number of carbonyl (C=O) groups is 1. The third-order valence-corrected chi connectivity index (χ3v) is 4.07. The Hall–Kier alpha value is -1.30. The van der Waals surface area contributed by atoms with Crippen LogP contribution < -0.4 is 10.6 Å². The Labute approximate surface area is 137 Å². The second kappa shape index (κ2) is 8.36. The van der Waals surface area contributed by atoms with Crippen LogP contribution in [0.4, 0.5) is 10.5 Å². The van der Waals surface area contributed by atoms with Crippen molar-refractivity contribution in [1.29, 1.82) is 0 Å². The van der Waals surface area contributed by atoms with Crippen molar-refractivity contribution in [2.45, 2.75) is 19.9 Å². The maximum absolute atomic E-state index is 12.0. The summed E-state index contributed by atoms with van der Waals surface area (Å²) in [5, 5.41) is 6.36. The molecule has 1 saturated heterocycles. The lowest BCUT2D eigenvalue weighted by Crippen LogP contribution is -2.51. The quantitative estimate of drug-likeness (QED) is 0.875. The lowest BCUT2D eigenvalue weighted by atomic mass is 10.0. The molecule has 0 radical (unpaired) electrons. The Morgan fingerprint density at radius 1 is 1.36 bits per heavy atom. The van der Waals surface area contributed by atoms with E-state index in [1.54, 1.807) is 12.1 Å². The van der Waals surface area contributed by atoms with E-state index in [0.717, 1.165) is 26.3 Å². The third-order valence-electron chi connectivity index (χ3n) is 3.84. The largest absolute Gasteiger partial charge is 0.379 e. The van der Waals surface area contributed by atoms with Crippen LogP contribution in [0, 0.1) is 5.92 Å². The number of anilines is 1. The summed E-state index contributed by atoms with van der Waals surface area (Å²) in [4.78, 5) is 14.4. The minimum absolute atomic E-state index is 0.207. The summed E-state index contributed by atoms with van der Waals surface area (Å²) in [6.45, 7) is 8.33. The molecule has 0 aliphatic carbocycles. The number of rotatable bonds is 5. The van der Waals surface area contributed by atoms with Crippen molar-refractivity contribution in [1.82, 2.24) is 10.2 Å². The van der Waals surface area contributed by atoms with Crippen LogP contribution in [0.15, 0.2) is 24.3 Å². The van der Waals surface area contributed by atoms with E-state index in [-0.39, 0.29) is 6.03 Å². The summed E-state index contributed by atoms with van der Waals surface area (Å²) in [5.74, 6) is 0.463. The Morgan fingerprint density at radius 2 is 2.09 bits per heavy atom. The number of hydrogen-bond acceptors (Lipinski definition) is 3. The smallest absolute Gasteiger partial charge is 0.319 e. The van der Waals surface area contributed by atoms with Gasteiger partial charge in [0.15, 0.2) is 0 Å². The van der Waals surface area contributed by atoms with Gasteiger partial charge in [-0.3, -0.25) is 4.90 Å². The van der Waals surface area contributed by atoms with Crippen LogP contribution in [-0.2, 0) is 4.74 Å². The fraction of sp³-hybridized carbons (Fsp3) is 0.562. The number of hydrogen-bond donors (Lipinski definition) is 2. The van der Waals surface area contributed by atoms with E-state index < -0.39 is 0 Å². The molecular weight excluding hydrogens is 302 g/mol. The van der Waals surface area contributed by atoms with E-state index >= 15 is 0 Å². The molecular formula is C16H24ClN3O2. The summed E-state index contributed by atoms with van der Waals surface area (Å²) in [6.07, 6.45) is 0. The van der Waals surface area contributed by atoms with Crippen molar-refractivity contribution in [3.8, 4) is 0 Å². The molecule has 5 nitrogen and oxygen atoms in total. The highest BCUT2D eigenvalue weighted by molar-refractivity contribution is 6.30. The third kappa shape index (κ3) is 5.16. The Morgan fingerprint density at radius 3 is 2.73 bits per heavy atom. The molecule has 0 spiro atoms. The zero-order valence-electron chi connectivity index (χ0n) is 13.1. The van der Waals surface area contributed by atoms with Gasteiger partial charge >= 0.3 is 6.03 Å². The molecule has 6 heteroatoms. The molecule has 2 N–H and O–H groups in total. The van der Waals surface area contributed by atoms with Crippen LogP contribution in [0.1, 0.15) is 13.8 Å². The van der Waals surface area contributed by atoms with Crippen molar-refractivity contribution in [2.24, 2.45) is 5.92 Å². The fourth-order valence-corrected chi connectivity index (χ4v) is 2.82. The van der Waals surface area contributed by atoms with Crippen molar-refractivity contribution >= 4 is 23.3 Å². The molecule has 1 aliphatic rings. The molecule has 22 heavy (non-hydrogen) atoms. The van der Waals surface area contributed by atoms with E-state index in [1.165, 1.54) is 0 Å². The molecule has 1 fully saturated rings. The number of nitrogens with zero attached hydrogens (tertiary/aromatic N) is 1. The predicted molar refractivity (Wildman–Crippen MR) is 89.5 cm³/mol. The van der Waals surface area contributed by atoms with Gasteiger partial charge in [-0.05, 0) is 24.1 Å². The van der Waals surface area contributed by atoms with Crippen molar-refractivity contribution in [3.05, 3.63) is 29.3 Å². The van der Waals surface area contributed by atoms with E-state index in [1.807, 2.05) is 12.1 Å². The second-order valence-corrected chi connectivity index (χ2v) is 6.24. The normalized spacial score (nSPS) is 17.3. The van der Waals surface area contributed by atoms with Crippen molar-refractivity contribution < 1.29 is 9.53 Å². The molecule has 1 heterocycles. The predicted octanol–water partition coefficient (Wildman–Crippen LogP) is 2.82. The lowest BCUT2D eigenvalue weighted by Gasteiger charge is -2.36. The van der Waals surface area contributed by atoms with Crippen molar-refractivity contribution in [2.75, 3.05) is 38.2 Å². The first-order chi connectivity index (χ1) is 10.6. The number of amides is 2. The fourth-order valence-electron chi connectivity index (χ4n) is 2.63. The van der Waals surface area contributed by atoms with Crippen LogP contribution >= 0.6 is 11.6 Å². The number of carbonyl (C=O) groups excluding carboxylic acids is 1. The van der Waals surface area contributed by atoms with Crippen molar-refractivity contribution in [3.63, 3.8) is 0 Å². The minimum atomic E-state index is -0.207. The van der Waals surface area contributed by atoms with Gasteiger partial charge in [0.05, 0.1) is 13.2 Å². The van der Waals surface area contributed by atoms with Crippen LogP contribution in [0.5, 0.6) is 0 Å². The SMILES string of the molecule is CC(C)C(CNC(=O)Nc1cccc(Cl)c1)N1CCOCC1. The zero-order valence-corrected chi connectivity index (χ0v) is 13.9. The summed E-state index contributed by atoms with van der Waals surface area (Å²) < 4.78 is 5.39. The van der Waals surface area contributed by atoms with Gasteiger partial charge in [-0.15, -0.1) is 0 Å². The van der Waals surface area contributed by atoms with Gasteiger partial charge in [0.1, 0.15) is 0 Å². The van der Waals surface area contributed by atoms with Gasteiger partial charge in [-0.2, -0.15) is 0 Å². The van der Waals surface area contributed by atoms with Gasteiger partial charge in [0, 0.05) is 36.4 Å². The number of nitrogens with one attached hydrogen (secondary N) is 2. The first kappa shape index (κ1) is 17.1. The Kier molecular flexibility index (Phi) is 6.49. The standard InChI is InChI=1S/C16H24ClN3O2/c1-12(2)15(20-6-8-22-9-7-20)11-18-16(21)19-14-5-3-4-13(17)10-14/h3-5,10,12,15H,6-9,11H2,1-2H3,(H2,18,19,21). The average molecular weight is 326 g/mol. The molecule has 1 atom stereocenters. The number of halogens is 1. The van der Waals surface area contributed by atoms with Crippen LogP contribution in [0.2, 0.25) is 5.02 Å². The minimum Gasteiger partial charge on any atom is -0.379 e. The van der Waals surface area contributed by atoms with Gasteiger partial charge in [0.2, 0.25) is 0 Å². The number of morpholine rings is 1. The second-order valence-electron chi connectivity index (χ2n) is 5.81. The maximum atomic E-state index is 12.0. The molecule has 122 valence electrons. The summed E-state index contributed by atoms with van der Waals surface area (Å²) in [6, 6.07) is 7.23. The van der Waals surface area contributed by atoms with E-state index in [0.29, 0.717) is 29.2 Å². The number of urea groups is 1. The molecule has 1 aromatic rings. The van der Waals surface area contributed by atoms with E-state index in [9.17, 15) is 4.79 Å². The lowest BCUT2D eigenvalue weighted by molar-refractivity contribution is 0.00728. The topological polar surface area (TPSA) is 53.6 Å². The molecule has 0 aromatic heterocycles. The van der Waals surface area contributed by atoms with Gasteiger partial charge < -0.3 is 15.4 Å². The number of benzene rings is 1. The first-order valence-corrected chi connectivity index (χ1v) is 8.06. The molecule has 2 amide bonds. The molecule has 2 rings (SSSR count). The highest BCUT2D eigenvalue weighted by Gasteiger charge is 2.24. The monoisotopic (exact) mass is 325 g/mol. The Balaban J connectivity index is 1.84. The summed E-state index contributed by atoms with van der Waals surface area (Å²) >= 11 is 5.91. The molecule has 1 aromatic carbocycles. The maximum Gasteiger partial charge on any atom is 0.319 e. The van der Waals surface area contributed by atoms with Crippen LogP contribution in [0.3, 0.4) is 0 Å². The van der Waals surface area contributed by atoms with Crippen LogP contribution in [0.25, 0.3) is 0 Å². The summed E-state index contributed by atoms with van der Waals surface area (Å²) in [7, 11) is 0. The Bertz CT molecular complexity index is 490. The van der Waals surface area contributed by atoms with Gasteiger partial charge in [-0.1, -0.05) is 31.5 Å². The molecule has 1 aliphatic heterocycles. The van der Waals surface area contributed by atoms with E-state index in [4.69, 9.17) is 16.3 Å².